The number of benzene rings is 1. The van der Waals surface area contributed by atoms with E-state index in [9.17, 15) is 21.9 Å². The quantitative estimate of drug-likeness (QED) is 0.142. The molecule has 1 aromatic carbocycles. The van der Waals surface area contributed by atoms with Crippen molar-refractivity contribution >= 4 is 39.8 Å². The van der Waals surface area contributed by atoms with Crippen molar-refractivity contribution in [1.29, 1.82) is 0 Å². The van der Waals surface area contributed by atoms with Crippen molar-refractivity contribution in [3.8, 4) is 0 Å². The summed E-state index contributed by atoms with van der Waals surface area (Å²) >= 11 is 0. The van der Waals surface area contributed by atoms with Crippen LogP contribution >= 0.6 is 0 Å². The van der Waals surface area contributed by atoms with Gasteiger partial charge in [0.25, 0.3) is 5.16 Å². The van der Waals surface area contributed by atoms with E-state index in [1.165, 1.54) is 10.4 Å². The third-order valence-electron chi connectivity index (χ3n) is 5.87. The highest BCUT2D eigenvalue weighted by molar-refractivity contribution is 7.90. The van der Waals surface area contributed by atoms with Crippen molar-refractivity contribution in [2.75, 3.05) is 55.9 Å². The summed E-state index contributed by atoms with van der Waals surface area (Å²) < 4.78 is 67.7. The first-order chi connectivity index (χ1) is 18.3. The monoisotopic (exact) mass is 601 g/mol. The highest BCUT2D eigenvalue weighted by Crippen LogP contribution is 2.25. The van der Waals surface area contributed by atoms with E-state index in [1.807, 2.05) is 0 Å². The van der Waals surface area contributed by atoms with E-state index in [4.69, 9.17) is 9.47 Å². The topological polar surface area (TPSA) is 151 Å². The minimum absolute atomic E-state index is 0.0671. The summed E-state index contributed by atoms with van der Waals surface area (Å²) in [7, 11) is -9.67. The summed E-state index contributed by atoms with van der Waals surface area (Å²) in [5.41, 5.74) is 0.539. The first-order valence-corrected chi connectivity index (χ1v) is 19.5. The molecule has 1 atom stereocenters. The molecule has 0 saturated carbocycles. The molecule has 1 aliphatic rings. The van der Waals surface area contributed by atoms with Crippen molar-refractivity contribution in [1.82, 2.24) is 14.3 Å². The molecule has 1 saturated heterocycles. The lowest BCUT2D eigenvalue weighted by Crippen LogP contribution is -2.49. The number of nitrogens with zero attached hydrogens (tertiary/aromatic N) is 4. The van der Waals surface area contributed by atoms with E-state index < -0.39 is 39.3 Å². The average Bonchev–Trinajstić information content (AvgIpc) is 2.88. The Morgan fingerprint density at radius 1 is 1.13 bits per heavy atom. The van der Waals surface area contributed by atoms with Gasteiger partial charge in [-0.2, -0.15) is 17.7 Å². The molecule has 0 amide bonds. The third-order valence-corrected chi connectivity index (χ3v) is 10.9. The molecule has 3 rings (SSSR count). The third kappa shape index (κ3) is 9.20. The fraction of sp³-hybridized carbons (Fsp3) is 0.583. The van der Waals surface area contributed by atoms with Crippen LogP contribution in [-0.4, -0.2) is 96.6 Å². The Balaban J connectivity index is 2.05. The van der Waals surface area contributed by atoms with Crippen LogP contribution in [0.4, 0.5) is 11.6 Å². The molecule has 1 fully saturated rings. The molecule has 0 bridgehead atoms. The van der Waals surface area contributed by atoms with Gasteiger partial charge in [0.2, 0.25) is 9.84 Å². The number of sulfone groups is 1. The van der Waals surface area contributed by atoms with Crippen LogP contribution in [0.2, 0.25) is 25.7 Å². The highest BCUT2D eigenvalue weighted by atomic mass is 32.2. The van der Waals surface area contributed by atoms with E-state index in [1.54, 1.807) is 37.3 Å². The Morgan fingerprint density at radius 2 is 1.79 bits per heavy atom. The van der Waals surface area contributed by atoms with E-state index in [2.05, 4.69) is 34.9 Å². The van der Waals surface area contributed by atoms with Crippen LogP contribution in [0, 0.1) is 0 Å². The van der Waals surface area contributed by atoms with Gasteiger partial charge in [-0.1, -0.05) is 50.0 Å². The van der Waals surface area contributed by atoms with Crippen molar-refractivity contribution in [3.05, 3.63) is 42.0 Å². The maximum Gasteiger partial charge on any atom is 0.307 e. The summed E-state index contributed by atoms with van der Waals surface area (Å²) in [4.78, 5) is 8.42. The van der Waals surface area contributed by atoms with Gasteiger partial charge < -0.3 is 19.9 Å². The van der Waals surface area contributed by atoms with Gasteiger partial charge in [0, 0.05) is 39.9 Å². The smallest absolute Gasteiger partial charge is 0.307 e. The Bertz CT molecular complexity index is 1290. The Hall–Kier alpha value is -2.14. The molecule has 0 aliphatic carbocycles. The number of rotatable bonds is 14. The Kier molecular flexibility index (Phi) is 10.8. The minimum atomic E-state index is -4.15. The zero-order valence-corrected chi connectivity index (χ0v) is 25.5. The van der Waals surface area contributed by atoms with Gasteiger partial charge in [-0.15, -0.1) is 0 Å². The largest absolute Gasteiger partial charge is 0.394 e. The fourth-order valence-corrected chi connectivity index (χ4v) is 7.02. The van der Waals surface area contributed by atoms with Crippen LogP contribution in [0.5, 0.6) is 0 Å². The standard InChI is InChI=1S/C24H39N5O7S2Si/c1-20(17-30)25-22-16-23(27-24(26-22)37(31,32)18-21-8-6-5-7-9-21)29(19-36-14-15-39(2,3)4)38(33,34)28-10-12-35-13-11-28/h5-9,16,20,30H,10-15,17-19H2,1-4H3,(H,25,26,27)/t20-/m1/s1. The number of anilines is 2. The number of aliphatic hydroxyl groups excluding tert-OH is 1. The molecule has 2 aromatic rings. The first-order valence-electron chi connectivity index (χ1n) is 12.8. The fourth-order valence-electron chi connectivity index (χ4n) is 3.60. The maximum absolute atomic E-state index is 13.8. The number of ether oxygens (including phenoxy) is 2. The van der Waals surface area contributed by atoms with Gasteiger partial charge in [-0.05, 0) is 18.5 Å². The van der Waals surface area contributed by atoms with Crippen molar-refractivity contribution in [2.45, 2.75) is 49.6 Å². The van der Waals surface area contributed by atoms with Crippen molar-refractivity contribution < 1.29 is 31.4 Å². The van der Waals surface area contributed by atoms with E-state index >= 15 is 0 Å². The lowest BCUT2D eigenvalue weighted by atomic mass is 10.2. The number of morpholine rings is 1. The molecule has 12 nitrogen and oxygen atoms in total. The Morgan fingerprint density at radius 3 is 2.41 bits per heavy atom. The number of aromatic nitrogens is 2. The van der Waals surface area contributed by atoms with Crippen molar-refractivity contribution in [2.24, 2.45) is 0 Å². The van der Waals surface area contributed by atoms with Crippen LogP contribution in [0.25, 0.3) is 0 Å². The second kappa shape index (κ2) is 13.5. The zero-order valence-electron chi connectivity index (χ0n) is 22.9. The summed E-state index contributed by atoms with van der Waals surface area (Å²) in [6.45, 7) is 8.76. The zero-order chi connectivity index (χ0) is 28.7. The van der Waals surface area contributed by atoms with Gasteiger partial charge >= 0.3 is 10.2 Å². The summed E-state index contributed by atoms with van der Waals surface area (Å²) in [5, 5.41) is 11.9. The lowest BCUT2D eigenvalue weighted by molar-refractivity contribution is 0.0720. The molecule has 39 heavy (non-hydrogen) atoms. The predicted octanol–water partition coefficient (Wildman–Crippen LogP) is 1.94. The number of nitrogens with one attached hydrogen (secondary N) is 1. The molecule has 0 spiro atoms. The summed E-state index contributed by atoms with van der Waals surface area (Å²) in [6, 6.07) is 10.3. The van der Waals surface area contributed by atoms with Gasteiger partial charge in [0.15, 0.2) is 5.82 Å². The molecule has 0 unspecified atom stereocenters. The highest BCUT2D eigenvalue weighted by Gasteiger charge is 2.34. The number of hydrogen-bond donors (Lipinski definition) is 2. The maximum atomic E-state index is 13.8. The van der Waals surface area contributed by atoms with Gasteiger partial charge in [-0.3, -0.25) is 0 Å². The molecule has 0 radical (unpaired) electrons. The van der Waals surface area contributed by atoms with Crippen molar-refractivity contribution in [3.63, 3.8) is 0 Å². The van der Waals surface area contributed by atoms with Gasteiger partial charge in [-0.25, -0.2) is 17.7 Å². The molecule has 218 valence electrons. The van der Waals surface area contributed by atoms with E-state index in [0.717, 1.165) is 10.3 Å². The molecule has 1 aromatic heterocycles. The predicted molar refractivity (Wildman–Crippen MR) is 152 cm³/mol. The molecular formula is C24H39N5O7S2Si. The summed E-state index contributed by atoms with van der Waals surface area (Å²) in [6.07, 6.45) is 0. The molecule has 2 N–H and O–H groups in total. The van der Waals surface area contributed by atoms with Crippen LogP contribution in [0.15, 0.2) is 41.6 Å². The van der Waals surface area contributed by atoms with E-state index in [0.29, 0.717) is 12.2 Å². The summed E-state index contributed by atoms with van der Waals surface area (Å²) in [5.74, 6) is -0.448. The first kappa shape index (κ1) is 31.4. The molecule has 15 heteroatoms. The molecule has 1 aliphatic heterocycles. The minimum Gasteiger partial charge on any atom is -0.394 e. The normalized spacial score (nSPS) is 16.1. The van der Waals surface area contributed by atoms with Gasteiger partial charge in [0.1, 0.15) is 12.5 Å². The number of aliphatic hydroxyl groups is 1. The SMILES string of the molecule is C[C@H](CO)Nc1cc(N(COCC[Si](C)(C)C)S(=O)(=O)N2CCOCC2)nc(S(=O)(=O)Cc2ccccc2)n1. The molecular weight excluding hydrogens is 563 g/mol. The Labute approximate surface area is 232 Å². The van der Waals surface area contributed by atoms with Crippen LogP contribution in [0.3, 0.4) is 0 Å². The van der Waals surface area contributed by atoms with Crippen LogP contribution in [0.1, 0.15) is 12.5 Å². The second-order valence-corrected chi connectivity index (χ2v) is 19.9. The van der Waals surface area contributed by atoms with Crippen LogP contribution < -0.4 is 9.62 Å². The second-order valence-electron chi connectivity index (χ2n) is 10.6. The average molecular weight is 602 g/mol. The van der Waals surface area contributed by atoms with Crippen LogP contribution in [-0.2, 0) is 35.3 Å². The number of hydrogen-bond acceptors (Lipinski definition) is 10. The van der Waals surface area contributed by atoms with Gasteiger partial charge in [0.05, 0.1) is 25.6 Å². The molecule has 2 heterocycles. The van der Waals surface area contributed by atoms with E-state index in [-0.39, 0.29) is 57.0 Å². The lowest BCUT2D eigenvalue weighted by Gasteiger charge is -2.32.